The maximum absolute atomic E-state index is 11.6. The quantitative estimate of drug-likeness (QED) is 0.401. The van der Waals surface area contributed by atoms with Crippen molar-refractivity contribution in [2.75, 3.05) is 13.1 Å². The summed E-state index contributed by atoms with van der Waals surface area (Å²) in [5.41, 5.74) is 0. The summed E-state index contributed by atoms with van der Waals surface area (Å²) in [6.07, 6.45) is 5.56. The number of hydrogen-bond donors (Lipinski definition) is 4. The van der Waals surface area contributed by atoms with Crippen molar-refractivity contribution in [2.45, 2.75) is 25.3 Å². The highest BCUT2D eigenvalue weighted by atomic mass is 16.4. The average molecular weight is 281 g/mol. The van der Waals surface area contributed by atoms with Crippen molar-refractivity contribution < 1.29 is 19.5 Å². The van der Waals surface area contributed by atoms with E-state index in [4.69, 9.17) is 5.11 Å². The Balaban J connectivity index is 1.55. The van der Waals surface area contributed by atoms with E-state index in [0.29, 0.717) is 19.5 Å². The molecule has 2 unspecified atom stereocenters. The summed E-state index contributed by atoms with van der Waals surface area (Å²) in [6, 6.07) is -0.608. The Bertz CT molecular complexity index is 431. The molecule has 2 aliphatic rings. The Labute approximate surface area is 116 Å². The third kappa shape index (κ3) is 4.25. The second kappa shape index (κ2) is 6.40. The van der Waals surface area contributed by atoms with Crippen molar-refractivity contribution in [1.82, 2.24) is 16.0 Å². The normalized spacial score (nSPS) is 24.2. The second-order valence-electron chi connectivity index (χ2n) is 5.14. The fourth-order valence-electron chi connectivity index (χ4n) is 2.06. The van der Waals surface area contributed by atoms with Crippen molar-refractivity contribution in [3.05, 3.63) is 12.2 Å². The molecule has 110 valence electrons. The smallest absolute Gasteiger partial charge is 0.315 e. The monoisotopic (exact) mass is 281 g/mol. The van der Waals surface area contributed by atoms with Crippen LogP contribution in [-0.2, 0) is 9.59 Å². The van der Waals surface area contributed by atoms with Gasteiger partial charge in [-0.25, -0.2) is 4.79 Å². The van der Waals surface area contributed by atoms with E-state index in [9.17, 15) is 14.4 Å². The lowest BCUT2D eigenvalue weighted by Crippen LogP contribution is -2.44. The van der Waals surface area contributed by atoms with Crippen LogP contribution in [0.1, 0.15) is 19.3 Å². The lowest BCUT2D eigenvalue weighted by atomic mass is 10.1. The molecule has 0 aliphatic heterocycles. The molecule has 1 fully saturated rings. The van der Waals surface area contributed by atoms with Crippen LogP contribution in [-0.4, -0.2) is 42.1 Å². The maximum atomic E-state index is 11.6. The van der Waals surface area contributed by atoms with Crippen molar-refractivity contribution in [3.8, 4) is 0 Å². The van der Waals surface area contributed by atoms with E-state index in [-0.39, 0.29) is 23.9 Å². The molecule has 0 aromatic carbocycles. The van der Waals surface area contributed by atoms with Crippen molar-refractivity contribution >= 4 is 17.9 Å². The zero-order chi connectivity index (χ0) is 14.5. The Morgan fingerprint density at radius 1 is 1.10 bits per heavy atom. The van der Waals surface area contributed by atoms with Gasteiger partial charge in [0.1, 0.15) is 0 Å². The molecule has 2 rings (SSSR count). The number of carbonyl (C=O) groups excluding carboxylic acids is 2. The van der Waals surface area contributed by atoms with Gasteiger partial charge in [-0.05, 0) is 19.3 Å². The predicted molar refractivity (Wildman–Crippen MR) is 70.9 cm³/mol. The highest BCUT2D eigenvalue weighted by Crippen LogP contribution is 2.28. The first-order valence-corrected chi connectivity index (χ1v) is 6.79. The molecule has 2 aliphatic carbocycles. The van der Waals surface area contributed by atoms with E-state index in [1.165, 1.54) is 0 Å². The minimum absolute atomic E-state index is 0.0511. The molecule has 0 saturated heterocycles. The van der Waals surface area contributed by atoms with Crippen LogP contribution in [0.15, 0.2) is 12.2 Å². The average Bonchev–Trinajstić information content (AvgIpc) is 3.15. The first kappa shape index (κ1) is 14.4. The Hall–Kier alpha value is -2.05. The lowest BCUT2D eigenvalue weighted by Gasteiger charge is -2.13. The van der Waals surface area contributed by atoms with Crippen molar-refractivity contribution in [1.29, 1.82) is 0 Å². The summed E-state index contributed by atoms with van der Waals surface area (Å²) in [5, 5.41) is 16.9. The molecule has 0 radical (unpaired) electrons. The van der Waals surface area contributed by atoms with E-state index in [0.717, 1.165) is 12.8 Å². The fourth-order valence-corrected chi connectivity index (χ4v) is 2.06. The van der Waals surface area contributed by atoms with Gasteiger partial charge < -0.3 is 21.1 Å². The highest BCUT2D eigenvalue weighted by molar-refractivity contribution is 5.81. The van der Waals surface area contributed by atoms with Crippen LogP contribution in [0.3, 0.4) is 0 Å². The highest BCUT2D eigenvalue weighted by Gasteiger charge is 2.29. The number of hydrogen-bond acceptors (Lipinski definition) is 3. The van der Waals surface area contributed by atoms with Gasteiger partial charge in [-0.15, -0.1) is 0 Å². The van der Waals surface area contributed by atoms with Crippen molar-refractivity contribution in [3.63, 3.8) is 0 Å². The predicted octanol–water partition coefficient (Wildman–Crippen LogP) is -0.159. The van der Waals surface area contributed by atoms with Crippen LogP contribution < -0.4 is 16.0 Å². The maximum Gasteiger partial charge on any atom is 0.315 e. The van der Waals surface area contributed by atoms with Crippen LogP contribution in [0, 0.1) is 11.8 Å². The van der Waals surface area contributed by atoms with E-state index in [1.54, 1.807) is 12.2 Å². The zero-order valence-electron chi connectivity index (χ0n) is 11.1. The van der Waals surface area contributed by atoms with Gasteiger partial charge in [0.15, 0.2) is 0 Å². The third-order valence-corrected chi connectivity index (χ3v) is 3.38. The van der Waals surface area contributed by atoms with Crippen LogP contribution in [0.2, 0.25) is 0 Å². The Morgan fingerprint density at radius 2 is 1.80 bits per heavy atom. The Morgan fingerprint density at radius 3 is 2.40 bits per heavy atom. The Kier molecular flexibility index (Phi) is 4.60. The fraction of sp³-hybridized carbons (Fsp3) is 0.615. The second-order valence-corrected chi connectivity index (χ2v) is 5.14. The van der Waals surface area contributed by atoms with E-state index in [1.807, 2.05) is 0 Å². The molecule has 0 bridgehead atoms. The largest absolute Gasteiger partial charge is 0.481 e. The molecule has 4 N–H and O–H groups in total. The summed E-state index contributed by atoms with van der Waals surface area (Å²) < 4.78 is 0. The number of carboxylic acids is 1. The van der Waals surface area contributed by atoms with Gasteiger partial charge in [0, 0.05) is 19.0 Å². The molecule has 0 aromatic rings. The third-order valence-electron chi connectivity index (χ3n) is 3.38. The minimum Gasteiger partial charge on any atom is -0.481 e. The topological polar surface area (TPSA) is 108 Å². The number of carbonyl (C=O) groups is 3. The standard InChI is InChI=1S/C13H19N3O4/c17-11(8-1-2-8)14-5-6-15-13(20)16-10-4-3-9(7-10)12(18)19/h3-4,8-10H,1-2,5-7H2,(H,14,17)(H,18,19)(H2,15,16,20). The number of rotatable bonds is 6. The molecule has 2 atom stereocenters. The van der Waals surface area contributed by atoms with Gasteiger partial charge in [-0.2, -0.15) is 0 Å². The van der Waals surface area contributed by atoms with Crippen LogP contribution in [0.4, 0.5) is 4.79 Å². The molecule has 7 nitrogen and oxygen atoms in total. The van der Waals surface area contributed by atoms with Gasteiger partial charge in [-0.1, -0.05) is 12.2 Å². The molecular formula is C13H19N3O4. The van der Waals surface area contributed by atoms with E-state index < -0.39 is 11.9 Å². The first-order chi connectivity index (χ1) is 9.56. The minimum atomic E-state index is -0.881. The summed E-state index contributed by atoms with van der Waals surface area (Å²) >= 11 is 0. The molecule has 0 aromatic heterocycles. The van der Waals surface area contributed by atoms with Gasteiger partial charge >= 0.3 is 12.0 Å². The van der Waals surface area contributed by atoms with Crippen LogP contribution >= 0.6 is 0 Å². The van der Waals surface area contributed by atoms with Gasteiger partial charge in [-0.3, -0.25) is 9.59 Å². The van der Waals surface area contributed by atoms with Gasteiger partial charge in [0.25, 0.3) is 0 Å². The molecular weight excluding hydrogens is 262 g/mol. The molecule has 20 heavy (non-hydrogen) atoms. The van der Waals surface area contributed by atoms with Gasteiger partial charge in [0.2, 0.25) is 5.91 Å². The summed E-state index contributed by atoms with van der Waals surface area (Å²) in [5.74, 6) is -1.19. The summed E-state index contributed by atoms with van der Waals surface area (Å²) in [7, 11) is 0. The number of urea groups is 1. The SMILES string of the molecule is O=C(NCCNC(=O)C1CC1)NC1C=CC(C(=O)O)C1. The summed E-state index contributed by atoms with van der Waals surface area (Å²) in [6.45, 7) is 0.754. The first-order valence-electron chi connectivity index (χ1n) is 6.79. The van der Waals surface area contributed by atoms with E-state index >= 15 is 0 Å². The zero-order valence-corrected chi connectivity index (χ0v) is 11.1. The van der Waals surface area contributed by atoms with Crippen LogP contribution in [0.5, 0.6) is 0 Å². The molecule has 0 spiro atoms. The molecule has 0 heterocycles. The van der Waals surface area contributed by atoms with Crippen molar-refractivity contribution in [2.24, 2.45) is 11.8 Å². The molecule has 7 heteroatoms. The summed E-state index contributed by atoms with van der Waals surface area (Å²) in [4.78, 5) is 33.6. The van der Waals surface area contributed by atoms with E-state index in [2.05, 4.69) is 16.0 Å². The molecule has 3 amide bonds. The lowest BCUT2D eigenvalue weighted by molar-refractivity contribution is -0.140. The number of nitrogens with one attached hydrogen (secondary N) is 3. The number of aliphatic carboxylic acids is 1. The number of carboxylic acid groups (broad SMARTS) is 1. The van der Waals surface area contributed by atoms with Crippen LogP contribution in [0.25, 0.3) is 0 Å². The number of amides is 3. The van der Waals surface area contributed by atoms with Gasteiger partial charge in [0.05, 0.1) is 12.0 Å². The molecule has 1 saturated carbocycles.